The number of benzene rings is 1. The lowest BCUT2D eigenvalue weighted by atomic mass is 10.2. The molecule has 0 aromatic heterocycles. The SMILES string of the molecule is O=C(NCCCN(CCCN(CCCNC(=O)C(F)(F)F)c1ccccc1)C(=O)C(F)(F)F)C(F)(F)F. The molecule has 0 aliphatic rings. The lowest BCUT2D eigenvalue weighted by molar-refractivity contribution is -0.185. The average Bonchev–Trinajstić information content (AvgIpc) is 2.79. The van der Waals surface area contributed by atoms with Crippen molar-refractivity contribution in [3.63, 3.8) is 0 Å². The number of amides is 3. The summed E-state index contributed by atoms with van der Waals surface area (Å²) in [6, 6.07) is 8.30. The van der Waals surface area contributed by atoms with Gasteiger partial charge in [-0.05, 0) is 31.4 Å². The molecule has 0 heterocycles. The van der Waals surface area contributed by atoms with Gasteiger partial charge in [0.2, 0.25) is 0 Å². The molecule has 0 bridgehead atoms. The second-order valence-electron chi connectivity index (χ2n) is 7.68. The molecule has 7 nitrogen and oxygen atoms in total. The van der Waals surface area contributed by atoms with Gasteiger partial charge in [0.05, 0.1) is 0 Å². The molecule has 0 atom stereocenters. The van der Waals surface area contributed by atoms with Gasteiger partial charge in [0.1, 0.15) is 0 Å². The lowest BCUT2D eigenvalue weighted by Crippen LogP contribution is -2.44. The zero-order chi connectivity index (χ0) is 28.3. The Hall–Kier alpha value is -3.20. The van der Waals surface area contributed by atoms with Gasteiger partial charge in [-0.3, -0.25) is 14.4 Å². The van der Waals surface area contributed by atoms with Crippen LogP contribution in [-0.2, 0) is 14.4 Å². The Kier molecular flexibility index (Phi) is 12.0. The standard InChI is InChI=1S/C21H25F9N4O3/c22-19(23,24)16(35)31-9-4-11-33(15-7-2-1-3-8-15)13-6-14-34(18(37)21(28,29)30)12-5-10-32-17(36)20(25,26)27/h1-3,7-8H,4-6,9-14H2,(H,31,35)(H,32,36). The molecule has 16 heteroatoms. The molecule has 0 radical (unpaired) electrons. The highest BCUT2D eigenvalue weighted by atomic mass is 19.4. The van der Waals surface area contributed by atoms with Crippen molar-refractivity contribution in [3.8, 4) is 0 Å². The number of halogens is 9. The smallest absolute Gasteiger partial charge is 0.371 e. The van der Waals surface area contributed by atoms with Crippen LogP contribution in [0.15, 0.2) is 30.3 Å². The maximum absolute atomic E-state index is 13.0. The Morgan fingerprint density at radius 1 is 0.622 bits per heavy atom. The van der Waals surface area contributed by atoms with Gasteiger partial charge in [0.25, 0.3) is 0 Å². The predicted octanol–water partition coefficient (Wildman–Crippen LogP) is 3.41. The molecular formula is C21H25F9N4O3. The van der Waals surface area contributed by atoms with E-state index in [1.165, 1.54) is 5.32 Å². The first-order valence-corrected chi connectivity index (χ1v) is 10.9. The van der Waals surface area contributed by atoms with E-state index in [-0.39, 0.29) is 38.9 Å². The first-order valence-electron chi connectivity index (χ1n) is 10.9. The summed E-state index contributed by atoms with van der Waals surface area (Å²) < 4.78 is 112. The van der Waals surface area contributed by atoms with E-state index in [1.54, 1.807) is 40.5 Å². The highest BCUT2D eigenvalue weighted by molar-refractivity contribution is 5.82. The third-order valence-electron chi connectivity index (χ3n) is 4.80. The first-order chi connectivity index (χ1) is 17.0. The van der Waals surface area contributed by atoms with E-state index in [1.807, 2.05) is 0 Å². The lowest BCUT2D eigenvalue weighted by Gasteiger charge is -2.28. The fourth-order valence-electron chi connectivity index (χ4n) is 3.10. The van der Waals surface area contributed by atoms with E-state index in [0.717, 1.165) is 0 Å². The number of carbonyl (C=O) groups is 3. The summed E-state index contributed by atoms with van der Waals surface area (Å²) in [7, 11) is 0. The largest absolute Gasteiger partial charge is 0.471 e. The van der Waals surface area contributed by atoms with Gasteiger partial charge < -0.3 is 20.4 Å². The summed E-state index contributed by atoms with van der Waals surface area (Å²) in [6.45, 7) is -1.74. The molecule has 210 valence electrons. The summed E-state index contributed by atoms with van der Waals surface area (Å²) in [4.78, 5) is 35.5. The number of para-hydroxylation sites is 1. The Morgan fingerprint density at radius 2 is 1.05 bits per heavy atom. The second kappa shape index (κ2) is 13.9. The van der Waals surface area contributed by atoms with Crippen LogP contribution >= 0.6 is 0 Å². The molecule has 1 aromatic rings. The van der Waals surface area contributed by atoms with Gasteiger partial charge in [-0.2, -0.15) is 39.5 Å². The molecule has 0 spiro atoms. The molecule has 0 saturated heterocycles. The number of anilines is 1. The Morgan fingerprint density at radius 3 is 1.51 bits per heavy atom. The molecule has 3 amide bonds. The summed E-state index contributed by atoms with van der Waals surface area (Å²) in [5, 5.41) is 3.22. The van der Waals surface area contributed by atoms with E-state index < -0.39 is 55.9 Å². The average molecular weight is 552 g/mol. The fourth-order valence-corrected chi connectivity index (χ4v) is 3.10. The van der Waals surface area contributed by atoms with Crippen molar-refractivity contribution in [3.05, 3.63) is 30.3 Å². The number of carbonyl (C=O) groups excluding carboxylic acids is 3. The summed E-state index contributed by atoms with van der Waals surface area (Å²) in [5.41, 5.74) is 0.591. The van der Waals surface area contributed by atoms with Crippen LogP contribution in [0.3, 0.4) is 0 Å². The molecule has 1 aromatic carbocycles. The van der Waals surface area contributed by atoms with Crippen molar-refractivity contribution in [2.75, 3.05) is 44.2 Å². The van der Waals surface area contributed by atoms with Crippen LogP contribution in [0.2, 0.25) is 0 Å². The third kappa shape index (κ3) is 12.1. The zero-order valence-electron chi connectivity index (χ0n) is 19.3. The van der Waals surface area contributed by atoms with Crippen LogP contribution in [-0.4, -0.2) is 80.4 Å². The molecule has 37 heavy (non-hydrogen) atoms. The molecule has 0 fully saturated rings. The van der Waals surface area contributed by atoms with Crippen molar-refractivity contribution in [1.29, 1.82) is 0 Å². The van der Waals surface area contributed by atoms with Gasteiger partial charge in [-0.25, -0.2) is 0 Å². The molecule has 0 unspecified atom stereocenters. The highest BCUT2D eigenvalue weighted by Gasteiger charge is 2.42. The Bertz CT molecular complexity index is 875. The van der Waals surface area contributed by atoms with Gasteiger partial charge in [0, 0.05) is 45.0 Å². The first kappa shape index (κ1) is 31.8. The van der Waals surface area contributed by atoms with E-state index in [2.05, 4.69) is 0 Å². The Balaban J connectivity index is 2.71. The van der Waals surface area contributed by atoms with E-state index in [4.69, 9.17) is 0 Å². The Labute approximate surface area is 205 Å². The monoisotopic (exact) mass is 552 g/mol. The predicted molar refractivity (Wildman–Crippen MR) is 113 cm³/mol. The van der Waals surface area contributed by atoms with E-state index >= 15 is 0 Å². The summed E-state index contributed by atoms with van der Waals surface area (Å²) in [5.74, 6) is -6.56. The number of rotatable bonds is 13. The molecule has 2 N–H and O–H groups in total. The van der Waals surface area contributed by atoms with E-state index in [9.17, 15) is 53.9 Å². The van der Waals surface area contributed by atoms with Crippen LogP contribution < -0.4 is 15.5 Å². The molecular weight excluding hydrogens is 527 g/mol. The van der Waals surface area contributed by atoms with Crippen LogP contribution in [0.25, 0.3) is 0 Å². The topological polar surface area (TPSA) is 81.8 Å². The van der Waals surface area contributed by atoms with Gasteiger partial charge in [-0.1, -0.05) is 18.2 Å². The number of alkyl halides is 9. The normalized spacial score (nSPS) is 12.1. The van der Waals surface area contributed by atoms with Crippen molar-refractivity contribution in [1.82, 2.24) is 15.5 Å². The van der Waals surface area contributed by atoms with Crippen LogP contribution in [0.1, 0.15) is 19.3 Å². The summed E-state index contributed by atoms with van der Waals surface area (Å²) in [6.07, 6.45) is -15.8. The van der Waals surface area contributed by atoms with Crippen LogP contribution in [0.4, 0.5) is 45.2 Å². The third-order valence-corrected chi connectivity index (χ3v) is 4.80. The van der Waals surface area contributed by atoms with Gasteiger partial charge in [-0.15, -0.1) is 0 Å². The van der Waals surface area contributed by atoms with Gasteiger partial charge >= 0.3 is 36.3 Å². The number of nitrogens with zero attached hydrogens (tertiary/aromatic N) is 2. The van der Waals surface area contributed by atoms with Crippen LogP contribution in [0, 0.1) is 0 Å². The highest BCUT2D eigenvalue weighted by Crippen LogP contribution is 2.20. The maximum Gasteiger partial charge on any atom is 0.471 e. The van der Waals surface area contributed by atoms with Crippen molar-refractivity contribution in [2.45, 2.75) is 37.8 Å². The van der Waals surface area contributed by atoms with Crippen molar-refractivity contribution in [2.24, 2.45) is 0 Å². The van der Waals surface area contributed by atoms with Crippen molar-refractivity contribution < 1.29 is 53.9 Å². The van der Waals surface area contributed by atoms with E-state index in [0.29, 0.717) is 10.6 Å². The molecule has 0 aliphatic carbocycles. The number of hydrogen-bond acceptors (Lipinski definition) is 4. The van der Waals surface area contributed by atoms with Gasteiger partial charge in [0.15, 0.2) is 0 Å². The zero-order valence-corrected chi connectivity index (χ0v) is 19.3. The summed E-state index contributed by atoms with van der Waals surface area (Å²) >= 11 is 0. The van der Waals surface area contributed by atoms with Crippen LogP contribution in [0.5, 0.6) is 0 Å². The minimum Gasteiger partial charge on any atom is -0.371 e. The number of nitrogens with one attached hydrogen (secondary N) is 2. The minimum absolute atomic E-state index is 0.0272. The van der Waals surface area contributed by atoms with Crippen molar-refractivity contribution >= 4 is 23.4 Å². The molecule has 0 saturated carbocycles. The quantitative estimate of drug-likeness (QED) is 0.291. The minimum atomic E-state index is -5.23. The fraction of sp³-hybridized carbons (Fsp3) is 0.571. The second-order valence-corrected chi connectivity index (χ2v) is 7.68. The maximum atomic E-state index is 13.0. The number of hydrogen-bond donors (Lipinski definition) is 2. The molecule has 0 aliphatic heterocycles. The molecule has 1 rings (SSSR count).